The van der Waals surface area contributed by atoms with Crippen molar-refractivity contribution in [3.05, 3.63) is 23.8 Å². The van der Waals surface area contributed by atoms with Crippen molar-refractivity contribution in [3.8, 4) is 11.4 Å². The van der Waals surface area contributed by atoms with E-state index in [4.69, 9.17) is 11.5 Å². The molecule has 1 fully saturated rings. The third kappa shape index (κ3) is 2.92. The van der Waals surface area contributed by atoms with Crippen LogP contribution in [-0.4, -0.2) is 52.9 Å². The number of hydrogen-bond acceptors (Lipinski definition) is 8. The zero-order valence-electron chi connectivity index (χ0n) is 14.2. The highest BCUT2D eigenvalue weighted by Gasteiger charge is 2.22. The Labute approximate surface area is 150 Å². The molecule has 1 aliphatic heterocycles. The van der Waals surface area contributed by atoms with Gasteiger partial charge in [0.25, 0.3) is 0 Å². The molecule has 10 heteroatoms. The summed E-state index contributed by atoms with van der Waals surface area (Å²) in [6.45, 7) is 3.00. The zero-order chi connectivity index (χ0) is 18.5. The van der Waals surface area contributed by atoms with E-state index in [1.165, 1.54) is 0 Å². The molecule has 1 aromatic carbocycles. The van der Waals surface area contributed by atoms with Crippen LogP contribution in [-0.2, 0) is 9.84 Å². The smallest absolute Gasteiger partial charge is 0.224 e. The molecule has 0 saturated carbocycles. The average molecular weight is 373 g/mol. The fourth-order valence-corrected chi connectivity index (χ4v) is 4.35. The lowest BCUT2D eigenvalue weighted by Gasteiger charge is -2.29. The number of aromatic nitrogens is 4. The lowest BCUT2D eigenvalue weighted by Crippen LogP contribution is -2.40. The summed E-state index contributed by atoms with van der Waals surface area (Å²) < 4.78 is 23.2. The van der Waals surface area contributed by atoms with Crippen molar-refractivity contribution in [3.63, 3.8) is 0 Å². The number of rotatable bonds is 2. The predicted octanol–water partition coefficient (Wildman–Crippen LogP) is 0.728. The minimum absolute atomic E-state index is 0.0947. The molecule has 3 aromatic rings. The first-order chi connectivity index (χ1) is 12.3. The topological polar surface area (TPSA) is 144 Å². The molecule has 0 bridgehead atoms. The molecule has 2 aromatic heterocycles. The molecule has 26 heavy (non-hydrogen) atoms. The van der Waals surface area contributed by atoms with Crippen LogP contribution in [0, 0.1) is 6.92 Å². The van der Waals surface area contributed by atoms with E-state index in [0.29, 0.717) is 30.1 Å². The maximum absolute atomic E-state index is 11.6. The minimum atomic E-state index is -2.90. The summed E-state index contributed by atoms with van der Waals surface area (Å²) in [6, 6.07) is 5.96. The van der Waals surface area contributed by atoms with Crippen LogP contribution in [0.15, 0.2) is 18.2 Å². The van der Waals surface area contributed by atoms with Crippen LogP contribution in [0.25, 0.3) is 22.6 Å². The van der Waals surface area contributed by atoms with Gasteiger partial charge in [-0.1, -0.05) is 0 Å². The average Bonchev–Trinajstić information content (AvgIpc) is 2.98. The first kappa shape index (κ1) is 16.6. The number of anilines is 3. The number of hydrogen-bond donors (Lipinski definition) is 3. The maximum Gasteiger partial charge on any atom is 0.224 e. The fraction of sp³-hybridized carbons (Fsp3) is 0.312. The molecular weight excluding hydrogens is 354 g/mol. The second-order valence-corrected chi connectivity index (χ2v) is 8.69. The van der Waals surface area contributed by atoms with Crippen molar-refractivity contribution < 1.29 is 8.42 Å². The highest BCUT2D eigenvalue weighted by Crippen LogP contribution is 2.28. The third-order valence-corrected chi connectivity index (χ3v) is 6.17. The summed E-state index contributed by atoms with van der Waals surface area (Å²) in [7, 11) is -2.90. The number of aryl methyl sites for hydroxylation is 1. The molecule has 0 amide bonds. The summed E-state index contributed by atoms with van der Waals surface area (Å²) in [6.07, 6.45) is 0. The number of H-pyrrole nitrogens is 1. The van der Waals surface area contributed by atoms with E-state index in [9.17, 15) is 8.42 Å². The van der Waals surface area contributed by atoms with E-state index in [0.717, 1.165) is 16.8 Å². The van der Waals surface area contributed by atoms with E-state index in [1.807, 2.05) is 25.1 Å². The predicted molar refractivity (Wildman–Crippen MR) is 102 cm³/mol. The van der Waals surface area contributed by atoms with Crippen molar-refractivity contribution in [1.29, 1.82) is 0 Å². The van der Waals surface area contributed by atoms with Gasteiger partial charge in [0.15, 0.2) is 26.8 Å². The summed E-state index contributed by atoms with van der Waals surface area (Å²) in [5.41, 5.74) is 15.4. The van der Waals surface area contributed by atoms with Gasteiger partial charge < -0.3 is 21.4 Å². The molecule has 3 heterocycles. The zero-order valence-corrected chi connectivity index (χ0v) is 15.0. The van der Waals surface area contributed by atoms with Crippen LogP contribution in [0.2, 0.25) is 0 Å². The summed E-state index contributed by atoms with van der Waals surface area (Å²) in [4.78, 5) is 17.7. The Morgan fingerprint density at radius 2 is 1.85 bits per heavy atom. The molecule has 0 radical (unpaired) electrons. The number of nitrogens with one attached hydrogen (secondary N) is 1. The minimum Gasteiger partial charge on any atom is -0.382 e. The van der Waals surface area contributed by atoms with Crippen molar-refractivity contribution >= 4 is 38.5 Å². The van der Waals surface area contributed by atoms with Gasteiger partial charge in [-0.3, -0.25) is 0 Å². The lowest BCUT2D eigenvalue weighted by molar-refractivity contribution is 0.587. The molecule has 0 unspecified atom stereocenters. The van der Waals surface area contributed by atoms with E-state index >= 15 is 0 Å². The van der Waals surface area contributed by atoms with Gasteiger partial charge in [-0.2, -0.15) is 9.97 Å². The Morgan fingerprint density at radius 3 is 2.54 bits per heavy atom. The molecule has 0 atom stereocenters. The number of fused-ring (bicyclic) bond motifs is 1. The van der Waals surface area contributed by atoms with Crippen molar-refractivity contribution in [2.45, 2.75) is 6.92 Å². The fourth-order valence-electron chi connectivity index (χ4n) is 3.15. The second-order valence-electron chi connectivity index (χ2n) is 6.39. The normalized spacial score (nSPS) is 16.9. The monoisotopic (exact) mass is 373 g/mol. The van der Waals surface area contributed by atoms with E-state index < -0.39 is 9.84 Å². The molecule has 136 valence electrons. The van der Waals surface area contributed by atoms with Crippen LogP contribution in [0.1, 0.15) is 5.56 Å². The Hall–Kier alpha value is -2.88. The first-order valence-corrected chi connectivity index (χ1v) is 10.00. The summed E-state index contributed by atoms with van der Waals surface area (Å²) >= 11 is 0. The van der Waals surface area contributed by atoms with Crippen molar-refractivity contribution in [1.82, 2.24) is 19.9 Å². The van der Waals surface area contributed by atoms with Gasteiger partial charge in [0, 0.05) is 24.3 Å². The number of sulfone groups is 1. The van der Waals surface area contributed by atoms with Gasteiger partial charge in [-0.15, -0.1) is 0 Å². The summed E-state index contributed by atoms with van der Waals surface area (Å²) in [5.74, 6) is 1.35. The highest BCUT2D eigenvalue weighted by atomic mass is 32.2. The molecule has 1 aliphatic rings. The van der Waals surface area contributed by atoms with Gasteiger partial charge in [-0.05, 0) is 30.7 Å². The van der Waals surface area contributed by atoms with Crippen LogP contribution >= 0.6 is 0 Å². The van der Waals surface area contributed by atoms with Crippen molar-refractivity contribution in [2.24, 2.45) is 0 Å². The number of nitrogen functional groups attached to an aromatic ring is 2. The third-order valence-electron chi connectivity index (χ3n) is 4.56. The Kier molecular flexibility index (Phi) is 3.72. The van der Waals surface area contributed by atoms with Gasteiger partial charge in [0.2, 0.25) is 5.95 Å². The number of imidazole rings is 1. The quantitative estimate of drug-likeness (QED) is 0.596. The molecule has 1 saturated heterocycles. The molecule has 9 nitrogen and oxygen atoms in total. The van der Waals surface area contributed by atoms with Gasteiger partial charge in [0.05, 0.1) is 11.5 Å². The van der Waals surface area contributed by atoms with E-state index in [-0.39, 0.29) is 23.3 Å². The van der Waals surface area contributed by atoms with Gasteiger partial charge >= 0.3 is 0 Å². The Balaban J connectivity index is 1.67. The molecule has 5 N–H and O–H groups in total. The first-order valence-electron chi connectivity index (χ1n) is 8.17. The maximum atomic E-state index is 11.6. The highest BCUT2D eigenvalue weighted by molar-refractivity contribution is 7.91. The molecular formula is C16H19N7O2S. The number of benzene rings is 1. The largest absolute Gasteiger partial charge is 0.382 e. The van der Waals surface area contributed by atoms with E-state index in [1.54, 1.807) is 0 Å². The standard InChI is InChI=1S/C16H19N7O2S/c1-9-8-10(23-4-6-26(24,25)7-5-23)2-3-11(9)14-19-12-13(17)20-16(18)22-15(12)21-14/h2-3,8H,4-7H2,1H3,(H5,17,18,19,20,21,22). The Bertz CT molecular complexity index is 1090. The number of nitrogens with two attached hydrogens (primary N) is 2. The lowest BCUT2D eigenvalue weighted by atomic mass is 10.1. The molecule has 4 rings (SSSR count). The second kappa shape index (κ2) is 5.84. The van der Waals surface area contributed by atoms with Crippen molar-refractivity contribution in [2.75, 3.05) is 41.0 Å². The number of aromatic amines is 1. The van der Waals surface area contributed by atoms with Gasteiger partial charge in [-0.25, -0.2) is 13.4 Å². The SMILES string of the molecule is Cc1cc(N2CCS(=O)(=O)CC2)ccc1-c1nc2c(N)nc(N)nc2[nH]1. The molecule has 0 aliphatic carbocycles. The van der Waals surface area contributed by atoms with Gasteiger partial charge in [0.1, 0.15) is 5.82 Å². The van der Waals surface area contributed by atoms with Crippen LogP contribution in [0.5, 0.6) is 0 Å². The molecule has 0 spiro atoms. The van der Waals surface area contributed by atoms with E-state index in [2.05, 4.69) is 24.8 Å². The number of nitrogens with zero attached hydrogens (tertiary/aromatic N) is 4. The van der Waals surface area contributed by atoms with Crippen LogP contribution < -0.4 is 16.4 Å². The Morgan fingerprint density at radius 1 is 1.12 bits per heavy atom. The van der Waals surface area contributed by atoms with Crippen LogP contribution in [0.3, 0.4) is 0 Å². The summed E-state index contributed by atoms with van der Waals surface area (Å²) in [5, 5.41) is 0. The van der Waals surface area contributed by atoms with Crippen LogP contribution in [0.4, 0.5) is 17.5 Å².